The second-order valence-electron chi connectivity index (χ2n) is 7.42. The van der Waals surface area contributed by atoms with Gasteiger partial charge in [-0.25, -0.2) is 5.48 Å². The molecule has 0 saturated carbocycles. The highest BCUT2D eigenvalue weighted by Crippen LogP contribution is 2.27. The Bertz CT molecular complexity index is 534. The van der Waals surface area contributed by atoms with Crippen LogP contribution in [0.15, 0.2) is 30.3 Å². The predicted octanol–water partition coefficient (Wildman–Crippen LogP) is 5.30. The smallest absolute Gasteiger partial charge is 0.243 e. The van der Waals surface area contributed by atoms with Crippen molar-refractivity contribution in [3.05, 3.63) is 30.3 Å². The fraction of sp³-hybridized carbons (Fsp3) is 0.636. The number of benzene rings is 1. The van der Waals surface area contributed by atoms with E-state index < -0.39 is 0 Å². The molecule has 1 aromatic rings. The largest absolute Gasteiger partial charge is 0.326 e. The summed E-state index contributed by atoms with van der Waals surface area (Å²) in [5.41, 5.74) is 2.51. The van der Waals surface area contributed by atoms with Crippen molar-refractivity contribution in [2.45, 2.75) is 78.1 Å². The number of para-hydroxylation sites is 1. The summed E-state index contributed by atoms with van der Waals surface area (Å²) in [5.74, 6) is 0.695. The Morgan fingerprint density at radius 1 is 0.963 bits per heavy atom. The average molecular weight is 377 g/mol. The molecule has 27 heavy (non-hydrogen) atoms. The standard InChI is InChI=1S/C22H36N2O3/c1-3-5-11-18(4-2)16-19(12-9-10-15-21(25)24-27)17-22(26)23-20-13-7-6-8-14-20/h6-8,13-14,18-19,27H,3-5,9-12,15-17H2,1-2H3,(H,23,26)(H,24,25). The number of anilines is 1. The van der Waals surface area contributed by atoms with Gasteiger partial charge in [0.1, 0.15) is 0 Å². The molecule has 152 valence electrons. The summed E-state index contributed by atoms with van der Waals surface area (Å²) in [7, 11) is 0. The van der Waals surface area contributed by atoms with Crippen LogP contribution in [0.25, 0.3) is 0 Å². The molecule has 3 N–H and O–H groups in total. The number of nitrogens with one attached hydrogen (secondary N) is 2. The van der Waals surface area contributed by atoms with E-state index in [-0.39, 0.29) is 11.8 Å². The van der Waals surface area contributed by atoms with Gasteiger partial charge in [-0.3, -0.25) is 14.8 Å². The zero-order chi connectivity index (χ0) is 19.9. The van der Waals surface area contributed by atoms with E-state index in [1.54, 1.807) is 5.48 Å². The number of hydrogen-bond donors (Lipinski definition) is 3. The van der Waals surface area contributed by atoms with Crippen LogP contribution in [0.5, 0.6) is 0 Å². The molecule has 0 saturated heterocycles. The van der Waals surface area contributed by atoms with Crippen molar-refractivity contribution in [3.63, 3.8) is 0 Å². The fourth-order valence-corrected chi connectivity index (χ4v) is 3.53. The maximum Gasteiger partial charge on any atom is 0.243 e. The van der Waals surface area contributed by atoms with Gasteiger partial charge in [-0.15, -0.1) is 0 Å². The Labute approximate surface area is 163 Å². The van der Waals surface area contributed by atoms with Crippen molar-refractivity contribution in [1.29, 1.82) is 0 Å². The van der Waals surface area contributed by atoms with Crippen molar-refractivity contribution < 1.29 is 14.8 Å². The van der Waals surface area contributed by atoms with Crippen LogP contribution >= 0.6 is 0 Å². The first-order valence-corrected chi connectivity index (χ1v) is 10.4. The van der Waals surface area contributed by atoms with Crippen molar-refractivity contribution in [1.82, 2.24) is 5.48 Å². The van der Waals surface area contributed by atoms with Crippen LogP contribution < -0.4 is 10.8 Å². The fourth-order valence-electron chi connectivity index (χ4n) is 3.53. The molecule has 2 amide bonds. The second-order valence-corrected chi connectivity index (χ2v) is 7.42. The SMILES string of the molecule is CCCCC(CC)CC(CCCCC(=O)NO)CC(=O)Nc1ccccc1. The maximum atomic E-state index is 12.5. The molecule has 0 aliphatic rings. The van der Waals surface area contributed by atoms with Gasteiger partial charge >= 0.3 is 0 Å². The highest BCUT2D eigenvalue weighted by atomic mass is 16.5. The first-order valence-electron chi connectivity index (χ1n) is 10.4. The van der Waals surface area contributed by atoms with Crippen LogP contribution in [-0.4, -0.2) is 17.0 Å². The summed E-state index contributed by atoms with van der Waals surface area (Å²) in [6.45, 7) is 4.44. The third-order valence-corrected chi connectivity index (χ3v) is 5.13. The molecule has 5 heteroatoms. The normalized spacial score (nSPS) is 13.0. The zero-order valence-corrected chi connectivity index (χ0v) is 16.9. The zero-order valence-electron chi connectivity index (χ0n) is 16.9. The monoisotopic (exact) mass is 376 g/mol. The lowest BCUT2D eigenvalue weighted by molar-refractivity contribution is -0.129. The van der Waals surface area contributed by atoms with Gasteiger partial charge in [-0.2, -0.15) is 0 Å². The molecule has 2 unspecified atom stereocenters. The molecule has 0 aliphatic heterocycles. The summed E-state index contributed by atoms with van der Waals surface area (Å²) < 4.78 is 0. The molecular weight excluding hydrogens is 340 g/mol. The molecule has 1 rings (SSSR count). The lowest BCUT2D eigenvalue weighted by atomic mass is 9.84. The first-order chi connectivity index (χ1) is 13.1. The van der Waals surface area contributed by atoms with Crippen LogP contribution in [0.4, 0.5) is 5.69 Å². The summed E-state index contributed by atoms with van der Waals surface area (Å²) in [6.07, 6.45) is 9.25. The second kappa shape index (κ2) is 14.2. The number of amides is 2. The predicted molar refractivity (Wildman–Crippen MR) is 109 cm³/mol. The summed E-state index contributed by atoms with van der Waals surface area (Å²) in [5, 5.41) is 11.6. The summed E-state index contributed by atoms with van der Waals surface area (Å²) >= 11 is 0. The molecule has 0 heterocycles. The van der Waals surface area contributed by atoms with E-state index in [0.717, 1.165) is 37.8 Å². The highest BCUT2D eigenvalue weighted by molar-refractivity contribution is 5.90. The van der Waals surface area contributed by atoms with Gasteiger partial charge in [0.15, 0.2) is 0 Å². The number of rotatable bonds is 14. The van der Waals surface area contributed by atoms with E-state index in [1.807, 2.05) is 30.3 Å². The number of carbonyl (C=O) groups is 2. The van der Waals surface area contributed by atoms with Crippen LogP contribution in [-0.2, 0) is 9.59 Å². The Hall–Kier alpha value is -1.88. The Morgan fingerprint density at radius 3 is 2.30 bits per heavy atom. The number of carbonyl (C=O) groups excluding carboxylic acids is 2. The summed E-state index contributed by atoms with van der Waals surface area (Å²) in [6, 6.07) is 9.56. The topological polar surface area (TPSA) is 78.4 Å². The minimum atomic E-state index is -0.345. The third kappa shape index (κ3) is 10.8. The molecular formula is C22H36N2O3. The number of hydroxylamine groups is 1. The molecule has 0 radical (unpaired) electrons. The van der Waals surface area contributed by atoms with Crippen molar-refractivity contribution >= 4 is 17.5 Å². The van der Waals surface area contributed by atoms with E-state index in [1.165, 1.54) is 19.3 Å². The van der Waals surface area contributed by atoms with E-state index in [0.29, 0.717) is 24.7 Å². The van der Waals surface area contributed by atoms with Gasteiger partial charge < -0.3 is 5.32 Å². The van der Waals surface area contributed by atoms with Crippen molar-refractivity contribution in [3.8, 4) is 0 Å². The van der Waals surface area contributed by atoms with E-state index in [9.17, 15) is 9.59 Å². The third-order valence-electron chi connectivity index (χ3n) is 5.13. The quantitative estimate of drug-likeness (QED) is 0.234. The van der Waals surface area contributed by atoms with Crippen LogP contribution in [0.2, 0.25) is 0 Å². The van der Waals surface area contributed by atoms with Crippen LogP contribution in [0.1, 0.15) is 78.1 Å². The van der Waals surface area contributed by atoms with Gasteiger partial charge in [0, 0.05) is 18.5 Å². The Morgan fingerprint density at radius 2 is 1.67 bits per heavy atom. The lowest BCUT2D eigenvalue weighted by Crippen LogP contribution is -2.20. The minimum Gasteiger partial charge on any atom is -0.326 e. The van der Waals surface area contributed by atoms with E-state index in [4.69, 9.17) is 5.21 Å². The molecule has 0 bridgehead atoms. The molecule has 0 aromatic heterocycles. The van der Waals surface area contributed by atoms with Crippen molar-refractivity contribution in [2.75, 3.05) is 5.32 Å². The Balaban J connectivity index is 2.56. The Kier molecular flexibility index (Phi) is 12.2. The van der Waals surface area contributed by atoms with Crippen molar-refractivity contribution in [2.24, 2.45) is 11.8 Å². The van der Waals surface area contributed by atoms with Crippen LogP contribution in [0, 0.1) is 11.8 Å². The van der Waals surface area contributed by atoms with Gasteiger partial charge in [0.25, 0.3) is 0 Å². The van der Waals surface area contributed by atoms with E-state index in [2.05, 4.69) is 19.2 Å². The molecule has 0 fully saturated rings. The van der Waals surface area contributed by atoms with Gasteiger partial charge in [-0.05, 0) is 43.2 Å². The van der Waals surface area contributed by atoms with Gasteiger partial charge in [0.05, 0.1) is 0 Å². The summed E-state index contributed by atoms with van der Waals surface area (Å²) in [4.78, 5) is 23.6. The molecule has 5 nitrogen and oxygen atoms in total. The van der Waals surface area contributed by atoms with E-state index >= 15 is 0 Å². The molecule has 2 atom stereocenters. The molecule has 0 aliphatic carbocycles. The highest BCUT2D eigenvalue weighted by Gasteiger charge is 2.19. The first kappa shape index (κ1) is 23.2. The number of unbranched alkanes of at least 4 members (excludes halogenated alkanes) is 2. The molecule has 1 aromatic carbocycles. The molecule has 0 spiro atoms. The van der Waals surface area contributed by atoms with Gasteiger partial charge in [0.2, 0.25) is 11.8 Å². The lowest BCUT2D eigenvalue weighted by Gasteiger charge is -2.22. The maximum absolute atomic E-state index is 12.5. The van der Waals surface area contributed by atoms with Crippen LogP contribution in [0.3, 0.4) is 0 Å². The van der Waals surface area contributed by atoms with Gasteiger partial charge in [-0.1, -0.05) is 64.2 Å². The minimum absolute atomic E-state index is 0.0599. The average Bonchev–Trinajstić information content (AvgIpc) is 2.68. The number of hydrogen-bond acceptors (Lipinski definition) is 3.